The fourth-order valence-electron chi connectivity index (χ4n) is 1.51. The second-order valence-electron chi connectivity index (χ2n) is 3.90. The molecule has 0 aliphatic heterocycles. The number of hydrogen-bond acceptors (Lipinski definition) is 1. The van der Waals surface area contributed by atoms with E-state index >= 15 is 0 Å². The Morgan fingerprint density at radius 1 is 1.17 bits per heavy atom. The molecular formula is C14H11Br2ClO. The van der Waals surface area contributed by atoms with Gasteiger partial charge in [0.2, 0.25) is 0 Å². The van der Waals surface area contributed by atoms with Crippen LogP contribution in [0.25, 0.3) is 0 Å². The van der Waals surface area contributed by atoms with Gasteiger partial charge in [0.05, 0.1) is 0 Å². The lowest BCUT2D eigenvalue weighted by molar-refractivity contribution is 0.478. The van der Waals surface area contributed by atoms with Crippen LogP contribution >= 0.6 is 43.5 Å². The number of halogens is 3. The largest absolute Gasteiger partial charge is 0.457 e. The van der Waals surface area contributed by atoms with E-state index in [1.165, 1.54) is 0 Å². The lowest BCUT2D eigenvalue weighted by atomic mass is 10.2. The van der Waals surface area contributed by atoms with Gasteiger partial charge in [-0.3, -0.25) is 0 Å². The van der Waals surface area contributed by atoms with Crippen molar-refractivity contribution >= 4 is 43.5 Å². The van der Waals surface area contributed by atoms with Crippen LogP contribution in [0.15, 0.2) is 40.9 Å². The Labute approximate surface area is 128 Å². The van der Waals surface area contributed by atoms with Crippen molar-refractivity contribution in [1.82, 2.24) is 0 Å². The molecule has 0 amide bonds. The molecule has 2 rings (SSSR count). The average molecular weight is 391 g/mol. The summed E-state index contributed by atoms with van der Waals surface area (Å²) in [5.74, 6) is 1.57. The van der Waals surface area contributed by atoms with Crippen molar-refractivity contribution < 1.29 is 4.74 Å². The predicted octanol–water partition coefficient (Wildman–Crippen LogP) is 6.10. The van der Waals surface area contributed by atoms with E-state index in [0.717, 1.165) is 32.4 Å². The highest BCUT2D eigenvalue weighted by Gasteiger charge is 2.05. The van der Waals surface area contributed by atoms with Gasteiger partial charge in [0.25, 0.3) is 0 Å². The van der Waals surface area contributed by atoms with E-state index in [0.29, 0.717) is 5.02 Å². The molecule has 2 aromatic carbocycles. The van der Waals surface area contributed by atoms with Crippen molar-refractivity contribution in [2.75, 3.05) is 0 Å². The summed E-state index contributed by atoms with van der Waals surface area (Å²) < 4.78 is 6.83. The zero-order valence-corrected chi connectivity index (χ0v) is 13.6. The first-order valence-corrected chi connectivity index (χ1v) is 7.68. The molecule has 2 aromatic rings. The van der Waals surface area contributed by atoms with Gasteiger partial charge in [-0.1, -0.05) is 55.6 Å². The smallest absolute Gasteiger partial charge is 0.131 e. The maximum atomic E-state index is 6.15. The van der Waals surface area contributed by atoms with Gasteiger partial charge in [0.1, 0.15) is 11.5 Å². The van der Waals surface area contributed by atoms with Crippen LogP contribution < -0.4 is 4.74 Å². The molecule has 0 bridgehead atoms. The van der Waals surface area contributed by atoms with Gasteiger partial charge in [0, 0.05) is 14.8 Å². The molecule has 0 radical (unpaired) electrons. The van der Waals surface area contributed by atoms with E-state index in [1.54, 1.807) is 0 Å². The van der Waals surface area contributed by atoms with Crippen LogP contribution in [0.5, 0.6) is 11.5 Å². The predicted molar refractivity (Wildman–Crippen MR) is 83.0 cm³/mol. The quantitative estimate of drug-likeness (QED) is 0.576. The maximum absolute atomic E-state index is 6.15. The average Bonchev–Trinajstić information content (AvgIpc) is 2.34. The highest BCUT2D eigenvalue weighted by molar-refractivity contribution is 9.10. The lowest BCUT2D eigenvalue weighted by Crippen LogP contribution is -1.89. The Balaban J connectivity index is 2.28. The third kappa shape index (κ3) is 3.28. The van der Waals surface area contributed by atoms with Crippen molar-refractivity contribution in [3.63, 3.8) is 0 Å². The minimum Gasteiger partial charge on any atom is -0.457 e. The Morgan fingerprint density at radius 2 is 1.94 bits per heavy atom. The Bertz CT molecular complexity index is 570. The number of alkyl halides is 1. The van der Waals surface area contributed by atoms with Gasteiger partial charge < -0.3 is 4.74 Å². The summed E-state index contributed by atoms with van der Waals surface area (Å²) in [5.41, 5.74) is 2.13. The molecule has 0 N–H and O–H groups in total. The van der Waals surface area contributed by atoms with E-state index in [1.807, 2.05) is 43.3 Å². The molecule has 94 valence electrons. The number of benzene rings is 2. The summed E-state index contributed by atoms with van der Waals surface area (Å²) in [6.07, 6.45) is 0. The maximum Gasteiger partial charge on any atom is 0.131 e. The minimum atomic E-state index is 0.706. The summed E-state index contributed by atoms with van der Waals surface area (Å²) in [5, 5.41) is 1.44. The van der Waals surface area contributed by atoms with Crippen molar-refractivity contribution in [2.45, 2.75) is 12.3 Å². The molecule has 0 atom stereocenters. The van der Waals surface area contributed by atoms with E-state index in [4.69, 9.17) is 16.3 Å². The van der Waals surface area contributed by atoms with Crippen molar-refractivity contribution in [2.24, 2.45) is 0 Å². The topological polar surface area (TPSA) is 9.23 Å². The normalized spacial score (nSPS) is 10.4. The second kappa shape index (κ2) is 6.09. The third-order valence-corrected chi connectivity index (χ3v) is 4.00. The number of ether oxygens (including phenoxy) is 1. The summed E-state index contributed by atoms with van der Waals surface area (Å²) in [7, 11) is 0. The molecule has 0 saturated carbocycles. The molecular weight excluding hydrogens is 379 g/mol. The van der Waals surface area contributed by atoms with Gasteiger partial charge >= 0.3 is 0 Å². The van der Waals surface area contributed by atoms with E-state index in [-0.39, 0.29) is 0 Å². The van der Waals surface area contributed by atoms with Gasteiger partial charge in [-0.05, 0) is 42.3 Å². The van der Waals surface area contributed by atoms with Gasteiger partial charge in [-0.2, -0.15) is 0 Å². The van der Waals surface area contributed by atoms with Gasteiger partial charge in [0.15, 0.2) is 0 Å². The van der Waals surface area contributed by atoms with E-state index < -0.39 is 0 Å². The van der Waals surface area contributed by atoms with Crippen molar-refractivity contribution in [3.8, 4) is 11.5 Å². The molecule has 0 aromatic heterocycles. The first-order chi connectivity index (χ1) is 8.60. The molecule has 0 heterocycles. The fourth-order valence-corrected chi connectivity index (χ4v) is 2.74. The lowest BCUT2D eigenvalue weighted by Gasteiger charge is -2.10. The molecule has 0 spiro atoms. The van der Waals surface area contributed by atoms with Gasteiger partial charge in [-0.25, -0.2) is 0 Å². The summed E-state index contributed by atoms with van der Waals surface area (Å²) in [4.78, 5) is 0. The second-order valence-corrected chi connectivity index (χ2v) is 5.78. The molecule has 4 heteroatoms. The number of rotatable bonds is 3. The van der Waals surface area contributed by atoms with Crippen LogP contribution in [0.4, 0.5) is 0 Å². The summed E-state index contributed by atoms with van der Waals surface area (Å²) in [6, 6.07) is 11.7. The molecule has 0 aliphatic carbocycles. The van der Waals surface area contributed by atoms with E-state index in [2.05, 4.69) is 31.9 Å². The zero-order chi connectivity index (χ0) is 13.1. The molecule has 0 unspecified atom stereocenters. The third-order valence-electron chi connectivity index (χ3n) is 2.55. The number of aryl methyl sites for hydroxylation is 1. The highest BCUT2D eigenvalue weighted by atomic mass is 79.9. The summed E-state index contributed by atoms with van der Waals surface area (Å²) >= 11 is 13.0. The number of hydrogen-bond donors (Lipinski definition) is 0. The Morgan fingerprint density at radius 3 is 2.61 bits per heavy atom. The summed E-state index contributed by atoms with van der Waals surface area (Å²) in [6.45, 7) is 2.01. The van der Waals surface area contributed by atoms with Crippen LogP contribution in [-0.4, -0.2) is 0 Å². The first kappa shape index (κ1) is 13.9. The fraction of sp³-hybridized carbons (Fsp3) is 0.143. The van der Waals surface area contributed by atoms with Crippen molar-refractivity contribution in [3.05, 3.63) is 57.0 Å². The monoisotopic (exact) mass is 388 g/mol. The molecule has 0 fully saturated rings. The standard InChI is InChI=1S/C14H11Br2ClO/c1-9-2-4-11(16)6-14(9)18-12-5-3-10(8-15)13(17)7-12/h2-7H,8H2,1H3. The van der Waals surface area contributed by atoms with Crippen LogP contribution in [0.3, 0.4) is 0 Å². The zero-order valence-electron chi connectivity index (χ0n) is 9.71. The molecule has 0 aliphatic rings. The SMILES string of the molecule is Cc1ccc(Br)cc1Oc1ccc(CBr)c(Cl)c1. The van der Waals surface area contributed by atoms with E-state index in [9.17, 15) is 0 Å². The van der Waals surface area contributed by atoms with Crippen LogP contribution in [0, 0.1) is 6.92 Å². The first-order valence-electron chi connectivity index (χ1n) is 5.38. The van der Waals surface area contributed by atoms with Crippen LogP contribution in [0.2, 0.25) is 5.02 Å². The Hall–Kier alpha value is -0.510. The van der Waals surface area contributed by atoms with Crippen LogP contribution in [0.1, 0.15) is 11.1 Å². The highest BCUT2D eigenvalue weighted by Crippen LogP contribution is 2.31. The van der Waals surface area contributed by atoms with Crippen molar-refractivity contribution in [1.29, 1.82) is 0 Å². The van der Waals surface area contributed by atoms with Crippen LogP contribution in [-0.2, 0) is 5.33 Å². The van der Waals surface area contributed by atoms with Gasteiger partial charge in [-0.15, -0.1) is 0 Å². The molecule has 18 heavy (non-hydrogen) atoms. The molecule has 1 nitrogen and oxygen atoms in total. The Kier molecular flexibility index (Phi) is 4.71. The molecule has 0 saturated heterocycles. The minimum absolute atomic E-state index is 0.706.